The maximum Gasteiger partial charge on any atom is 0.317 e. The molecule has 0 aromatic carbocycles. The largest absolute Gasteiger partial charge is 0.396 e. The molecular weight excluding hydrogens is 180 g/mol. The number of likely N-dealkylation sites (tertiary alicyclic amines) is 1. The Morgan fingerprint density at radius 3 is 2.71 bits per heavy atom. The van der Waals surface area contributed by atoms with Gasteiger partial charge in [-0.25, -0.2) is 4.79 Å². The highest BCUT2D eigenvalue weighted by Gasteiger charge is 2.28. The molecule has 2 rings (SSSR count). The minimum atomic E-state index is 0.0608. The zero-order valence-electron chi connectivity index (χ0n) is 8.41. The Morgan fingerprint density at radius 2 is 2.21 bits per heavy atom. The topological polar surface area (TPSA) is 52.6 Å². The number of hydrogen-bond donors (Lipinski definition) is 2. The second kappa shape index (κ2) is 4.17. The predicted molar refractivity (Wildman–Crippen MR) is 52.9 cm³/mol. The predicted octanol–water partition coefficient (Wildman–Crippen LogP) is 0.563. The van der Waals surface area contributed by atoms with Crippen LogP contribution in [-0.2, 0) is 0 Å². The lowest BCUT2D eigenvalue weighted by atomic mass is 9.93. The SMILES string of the molecule is O=C(NC1CCC1)N1CCC(CO)C1. The molecule has 1 atom stereocenters. The smallest absolute Gasteiger partial charge is 0.317 e. The van der Waals surface area contributed by atoms with Crippen LogP contribution in [0.5, 0.6) is 0 Å². The fraction of sp³-hybridized carbons (Fsp3) is 0.900. The fourth-order valence-corrected chi connectivity index (χ4v) is 1.98. The van der Waals surface area contributed by atoms with Crippen molar-refractivity contribution >= 4 is 6.03 Å². The van der Waals surface area contributed by atoms with Crippen LogP contribution in [0, 0.1) is 5.92 Å². The number of urea groups is 1. The Labute approximate surface area is 84.3 Å². The van der Waals surface area contributed by atoms with Gasteiger partial charge in [-0.05, 0) is 25.7 Å². The van der Waals surface area contributed by atoms with Gasteiger partial charge in [0.2, 0.25) is 0 Å². The van der Waals surface area contributed by atoms with Gasteiger partial charge in [-0.15, -0.1) is 0 Å². The molecule has 14 heavy (non-hydrogen) atoms. The average Bonchev–Trinajstić information content (AvgIpc) is 2.59. The molecule has 0 bridgehead atoms. The lowest BCUT2D eigenvalue weighted by Gasteiger charge is -2.29. The Balaban J connectivity index is 1.74. The summed E-state index contributed by atoms with van der Waals surface area (Å²) in [4.78, 5) is 13.5. The van der Waals surface area contributed by atoms with Crippen LogP contribution in [0.25, 0.3) is 0 Å². The maximum absolute atomic E-state index is 11.6. The summed E-state index contributed by atoms with van der Waals surface area (Å²) < 4.78 is 0. The molecule has 4 nitrogen and oxygen atoms in total. The van der Waals surface area contributed by atoms with Crippen LogP contribution in [0.1, 0.15) is 25.7 Å². The van der Waals surface area contributed by atoms with E-state index in [2.05, 4.69) is 5.32 Å². The number of carbonyl (C=O) groups is 1. The molecule has 1 saturated heterocycles. The van der Waals surface area contributed by atoms with Crippen LogP contribution in [0.2, 0.25) is 0 Å². The molecule has 1 aliphatic carbocycles. The van der Waals surface area contributed by atoms with Crippen LogP contribution in [0.15, 0.2) is 0 Å². The van der Waals surface area contributed by atoms with Gasteiger partial charge in [0, 0.05) is 31.7 Å². The number of amides is 2. The molecule has 4 heteroatoms. The maximum atomic E-state index is 11.6. The first kappa shape index (κ1) is 9.77. The highest BCUT2D eigenvalue weighted by atomic mass is 16.3. The second-order valence-corrected chi connectivity index (χ2v) is 4.36. The van der Waals surface area contributed by atoms with Crippen LogP contribution in [0.4, 0.5) is 4.79 Å². The third-order valence-electron chi connectivity index (χ3n) is 3.26. The van der Waals surface area contributed by atoms with Crippen molar-refractivity contribution in [1.29, 1.82) is 0 Å². The van der Waals surface area contributed by atoms with Crippen molar-refractivity contribution in [2.45, 2.75) is 31.7 Å². The van der Waals surface area contributed by atoms with E-state index in [1.807, 2.05) is 4.90 Å². The molecule has 0 radical (unpaired) electrons. The second-order valence-electron chi connectivity index (χ2n) is 4.36. The molecule has 1 aliphatic heterocycles. The van der Waals surface area contributed by atoms with Gasteiger partial charge >= 0.3 is 6.03 Å². The van der Waals surface area contributed by atoms with Crippen molar-refractivity contribution in [3.63, 3.8) is 0 Å². The number of rotatable bonds is 2. The number of nitrogens with zero attached hydrogens (tertiary/aromatic N) is 1. The minimum absolute atomic E-state index is 0.0608. The van der Waals surface area contributed by atoms with E-state index < -0.39 is 0 Å². The summed E-state index contributed by atoms with van der Waals surface area (Å²) in [6, 6.07) is 0.473. The van der Waals surface area contributed by atoms with Gasteiger partial charge in [0.05, 0.1) is 0 Å². The summed E-state index contributed by atoms with van der Waals surface area (Å²) in [7, 11) is 0. The van der Waals surface area contributed by atoms with Crippen molar-refractivity contribution < 1.29 is 9.90 Å². The number of carbonyl (C=O) groups excluding carboxylic acids is 1. The van der Waals surface area contributed by atoms with Crippen LogP contribution in [0.3, 0.4) is 0 Å². The zero-order chi connectivity index (χ0) is 9.97. The molecule has 1 heterocycles. The lowest BCUT2D eigenvalue weighted by molar-refractivity contribution is 0.188. The van der Waals surface area contributed by atoms with E-state index in [0.717, 1.165) is 32.4 Å². The quantitative estimate of drug-likeness (QED) is 0.681. The third-order valence-corrected chi connectivity index (χ3v) is 3.26. The molecule has 1 unspecified atom stereocenters. The molecule has 0 spiro atoms. The fourth-order valence-electron chi connectivity index (χ4n) is 1.98. The highest BCUT2D eigenvalue weighted by Crippen LogP contribution is 2.20. The standard InChI is InChI=1S/C10H18N2O2/c13-7-8-4-5-12(6-8)10(14)11-9-2-1-3-9/h8-9,13H,1-7H2,(H,11,14). The monoisotopic (exact) mass is 198 g/mol. The van der Waals surface area contributed by atoms with Crippen LogP contribution >= 0.6 is 0 Å². The van der Waals surface area contributed by atoms with Gasteiger partial charge in [0.25, 0.3) is 0 Å². The van der Waals surface area contributed by atoms with Gasteiger partial charge in [-0.2, -0.15) is 0 Å². The Bertz CT molecular complexity index is 216. The molecule has 2 fully saturated rings. The van der Waals surface area contributed by atoms with E-state index >= 15 is 0 Å². The summed E-state index contributed by atoms with van der Waals surface area (Å²) in [5.41, 5.74) is 0. The molecule has 0 aromatic heterocycles. The Hall–Kier alpha value is -0.770. The van der Waals surface area contributed by atoms with Gasteiger partial charge in [0.15, 0.2) is 0 Å². The van der Waals surface area contributed by atoms with Crippen molar-refractivity contribution in [2.75, 3.05) is 19.7 Å². The summed E-state index contributed by atoms with van der Waals surface area (Å²) in [6.45, 7) is 1.71. The van der Waals surface area contributed by atoms with Gasteiger partial charge in [-0.1, -0.05) is 0 Å². The highest BCUT2D eigenvalue weighted by molar-refractivity contribution is 5.74. The zero-order valence-corrected chi connectivity index (χ0v) is 8.41. The Kier molecular flexibility index (Phi) is 2.91. The van der Waals surface area contributed by atoms with E-state index in [0.29, 0.717) is 12.0 Å². The lowest BCUT2D eigenvalue weighted by Crippen LogP contribution is -2.46. The third kappa shape index (κ3) is 2.00. The van der Waals surface area contributed by atoms with Crippen LogP contribution < -0.4 is 5.32 Å². The van der Waals surface area contributed by atoms with Crippen molar-refractivity contribution in [3.8, 4) is 0 Å². The van der Waals surface area contributed by atoms with Gasteiger partial charge in [-0.3, -0.25) is 0 Å². The molecule has 0 aromatic rings. The molecule has 80 valence electrons. The normalized spacial score (nSPS) is 27.5. The Morgan fingerprint density at radius 1 is 1.43 bits per heavy atom. The van der Waals surface area contributed by atoms with E-state index in [4.69, 9.17) is 5.11 Å². The van der Waals surface area contributed by atoms with Gasteiger partial charge < -0.3 is 15.3 Å². The number of aliphatic hydroxyl groups excluding tert-OH is 1. The molecule has 2 aliphatic rings. The molecule has 1 saturated carbocycles. The summed E-state index contributed by atoms with van der Waals surface area (Å²) in [5, 5.41) is 12.0. The van der Waals surface area contributed by atoms with E-state index in [-0.39, 0.29) is 12.6 Å². The van der Waals surface area contributed by atoms with Crippen molar-refractivity contribution in [2.24, 2.45) is 5.92 Å². The van der Waals surface area contributed by atoms with Crippen LogP contribution in [-0.4, -0.2) is 41.8 Å². The molecule has 2 N–H and O–H groups in total. The van der Waals surface area contributed by atoms with Gasteiger partial charge in [0.1, 0.15) is 0 Å². The van der Waals surface area contributed by atoms with Crippen molar-refractivity contribution in [3.05, 3.63) is 0 Å². The van der Waals surface area contributed by atoms with E-state index in [1.165, 1.54) is 6.42 Å². The number of nitrogens with one attached hydrogen (secondary N) is 1. The molecular formula is C10H18N2O2. The minimum Gasteiger partial charge on any atom is -0.396 e. The number of hydrogen-bond acceptors (Lipinski definition) is 2. The first-order valence-electron chi connectivity index (χ1n) is 5.46. The number of aliphatic hydroxyl groups is 1. The average molecular weight is 198 g/mol. The summed E-state index contributed by atoms with van der Waals surface area (Å²) >= 11 is 0. The first-order chi connectivity index (χ1) is 6.79. The van der Waals surface area contributed by atoms with E-state index in [1.54, 1.807) is 0 Å². The summed E-state index contributed by atoms with van der Waals surface area (Å²) in [6.07, 6.45) is 4.44. The van der Waals surface area contributed by atoms with E-state index in [9.17, 15) is 4.79 Å². The van der Waals surface area contributed by atoms with Crippen molar-refractivity contribution in [1.82, 2.24) is 10.2 Å². The first-order valence-corrected chi connectivity index (χ1v) is 5.46. The summed E-state index contributed by atoms with van der Waals surface area (Å²) in [5.74, 6) is 0.294. The molecule has 2 amide bonds.